The lowest BCUT2D eigenvalue weighted by Gasteiger charge is -2.21. The Balaban J connectivity index is 2.85. The van der Waals surface area contributed by atoms with Gasteiger partial charge in [0, 0.05) is 13.3 Å². The lowest BCUT2D eigenvalue weighted by molar-refractivity contribution is -0.130. The first kappa shape index (κ1) is 17.6. The van der Waals surface area contributed by atoms with Crippen LogP contribution in [0, 0.1) is 5.82 Å². The summed E-state index contributed by atoms with van der Waals surface area (Å²) in [7, 11) is 0. The third-order valence-electron chi connectivity index (χ3n) is 3.09. The molecular weight excluding hydrogens is 289 g/mol. The van der Waals surface area contributed by atoms with Crippen LogP contribution < -0.4 is 16.4 Å². The number of primary amides is 1. The van der Waals surface area contributed by atoms with Gasteiger partial charge in [-0.15, -0.1) is 0 Å². The Labute approximate surface area is 128 Å². The van der Waals surface area contributed by atoms with Gasteiger partial charge in [0.25, 0.3) is 0 Å². The van der Waals surface area contributed by atoms with Gasteiger partial charge in [-0.25, -0.2) is 4.39 Å². The third-order valence-corrected chi connectivity index (χ3v) is 3.09. The molecule has 1 aromatic carbocycles. The van der Waals surface area contributed by atoms with Crippen LogP contribution in [0.1, 0.15) is 25.8 Å². The van der Waals surface area contributed by atoms with E-state index < -0.39 is 35.6 Å². The van der Waals surface area contributed by atoms with Crippen molar-refractivity contribution < 1.29 is 18.8 Å². The Morgan fingerprint density at radius 1 is 1.23 bits per heavy atom. The van der Waals surface area contributed by atoms with Gasteiger partial charge >= 0.3 is 0 Å². The number of nitrogens with two attached hydrogens (primary N) is 1. The molecule has 0 aliphatic rings. The van der Waals surface area contributed by atoms with Gasteiger partial charge in [-0.05, 0) is 24.1 Å². The minimum Gasteiger partial charge on any atom is -0.368 e. The lowest BCUT2D eigenvalue weighted by atomic mass is 10.0. The van der Waals surface area contributed by atoms with Crippen LogP contribution in [0.3, 0.4) is 0 Å². The van der Waals surface area contributed by atoms with Crippen LogP contribution in [0.5, 0.6) is 0 Å². The normalized spacial score (nSPS) is 13.0. The van der Waals surface area contributed by atoms with Crippen molar-refractivity contribution in [3.05, 3.63) is 35.6 Å². The van der Waals surface area contributed by atoms with Crippen LogP contribution in [0.2, 0.25) is 0 Å². The van der Waals surface area contributed by atoms with Crippen molar-refractivity contribution in [2.24, 2.45) is 5.73 Å². The summed E-state index contributed by atoms with van der Waals surface area (Å²) in [6.07, 6.45) is 0.451. The SMILES string of the molecule is CC[C@@H](NC(=O)[C@@H](Cc1cccc(F)c1)NC(C)=O)C(N)=O. The van der Waals surface area contributed by atoms with E-state index in [-0.39, 0.29) is 6.42 Å². The third kappa shape index (κ3) is 5.51. The van der Waals surface area contributed by atoms with Gasteiger partial charge < -0.3 is 16.4 Å². The van der Waals surface area contributed by atoms with Gasteiger partial charge in [0.1, 0.15) is 17.9 Å². The zero-order chi connectivity index (χ0) is 16.7. The molecule has 0 aromatic heterocycles. The van der Waals surface area contributed by atoms with Gasteiger partial charge in [0.15, 0.2) is 0 Å². The van der Waals surface area contributed by atoms with Crippen molar-refractivity contribution in [3.63, 3.8) is 0 Å². The van der Waals surface area contributed by atoms with Gasteiger partial charge in [-0.2, -0.15) is 0 Å². The number of hydrogen-bond acceptors (Lipinski definition) is 3. The van der Waals surface area contributed by atoms with E-state index in [0.717, 1.165) is 0 Å². The van der Waals surface area contributed by atoms with Crippen molar-refractivity contribution in [2.45, 2.75) is 38.8 Å². The van der Waals surface area contributed by atoms with Crippen molar-refractivity contribution in [3.8, 4) is 0 Å². The van der Waals surface area contributed by atoms with Crippen molar-refractivity contribution >= 4 is 17.7 Å². The minimum atomic E-state index is -0.910. The number of hydrogen-bond donors (Lipinski definition) is 3. The van der Waals surface area contributed by atoms with Gasteiger partial charge in [-0.1, -0.05) is 19.1 Å². The molecule has 4 N–H and O–H groups in total. The summed E-state index contributed by atoms with van der Waals surface area (Å²) in [4.78, 5) is 34.6. The average molecular weight is 309 g/mol. The number of carbonyl (C=O) groups is 3. The fourth-order valence-electron chi connectivity index (χ4n) is 2.00. The van der Waals surface area contributed by atoms with Crippen LogP contribution in [-0.2, 0) is 20.8 Å². The molecule has 1 rings (SSSR count). The van der Waals surface area contributed by atoms with Gasteiger partial charge in [0.05, 0.1) is 0 Å². The molecule has 120 valence electrons. The first-order chi connectivity index (χ1) is 10.3. The maximum atomic E-state index is 13.2. The first-order valence-electron chi connectivity index (χ1n) is 6.94. The van der Waals surface area contributed by atoms with Crippen LogP contribution >= 0.6 is 0 Å². The molecule has 0 saturated heterocycles. The molecule has 1 aromatic rings. The second kappa shape index (κ2) is 8.11. The quantitative estimate of drug-likeness (QED) is 0.673. The molecule has 2 atom stereocenters. The largest absolute Gasteiger partial charge is 0.368 e. The van der Waals surface area contributed by atoms with Crippen LogP contribution in [-0.4, -0.2) is 29.8 Å². The smallest absolute Gasteiger partial charge is 0.243 e. The molecule has 0 aliphatic carbocycles. The summed E-state index contributed by atoms with van der Waals surface area (Å²) in [6, 6.07) is 4.02. The van der Waals surface area contributed by atoms with Crippen molar-refractivity contribution in [2.75, 3.05) is 0 Å². The van der Waals surface area contributed by atoms with Crippen LogP contribution in [0.25, 0.3) is 0 Å². The Morgan fingerprint density at radius 2 is 1.91 bits per heavy atom. The van der Waals surface area contributed by atoms with E-state index in [9.17, 15) is 18.8 Å². The Bertz CT molecular complexity index is 563. The summed E-state index contributed by atoms with van der Waals surface area (Å²) < 4.78 is 13.2. The molecule has 0 heterocycles. The summed E-state index contributed by atoms with van der Waals surface area (Å²) >= 11 is 0. The predicted octanol–water partition coefficient (Wildman–Crippen LogP) is 0.253. The second-order valence-corrected chi connectivity index (χ2v) is 4.96. The average Bonchev–Trinajstić information content (AvgIpc) is 2.43. The summed E-state index contributed by atoms with van der Waals surface area (Å²) in [5.41, 5.74) is 5.74. The predicted molar refractivity (Wildman–Crippen MR) is 79.1 cm³/mol. The molecule has 0 unspecified atom stereocenters. The monoisotopic (exact) mass is 309 g/mol. The second-order valence-electron chi connectivity index (χ2n) is 4.96. The van der Waals surface area contributed by atoms with E-state index in [4.69, 9.17) is 5.73 Å². The highest BCUT2D eigenvalue weighted by atomic mass is 19.1. The summed E-state index contributed by atoms with van der Waals surface area (Å²) in [5, 5.41) is 4.97. The molecule has 0 bridgehead atoms. The van der Waals surface area contributed by atoms with E-state index in [0.29, 0.717) is 12.0 Å². The molecule has 0 radical (unpaired) electrons. The fourth-order valence-corrected chi connectivity index (χ4v) is 2.00. The number of amides is 3. The maximum absolute atomic E-state index is 13.2. The number of benzene rings is 1. The van der Waals surface area contributed by atoms with Crippen LogP contribution in [0.15, 0.2) is 24.3 Å². The Morgan fingerprint density at radius 3 is 2.41 bits per heavy atom. The van der Waals surface area contributed by atoms with E-state index in [1.54, 1.807) is 13.0 Å². The Kier molecular flexibility index (Phi) is 6.49. The molecular formula is C15H20FN3O3. The van der Waals surface area contributed by atoms with E-state index in [1.165, 1.54) is 25.1 Å². The van der Waals surface area contributed by atoms with Crippen molar-refractivity contribution in [1.29, 1.82) is 0 Å². The molecule has 6 nitrogen and oxygen atoms in total. The lowest BCUT2D eigenvalue weighted by Crippen LogP contribution is -2.53. The molecule has 7 heteroatoms. The Hall–Kier alpha value is -2.44. The van der Waals surface area contributed by atoms with Gasteiger partial charge in [-0.3, -0.25) is 14.4 Å². The maximum Gasteiger partial charge on any atom is 0.243 e. The van der Waals surface area contributed by atoms with E-state index in [1.807, 2.05) is 0 Å². The zero-order valence-corrected chi connectivity index (χ0v) is 12.6. The van der Waals surface area contributed by atoms with Gasteiger partial charge in [0.2, 0.25) is 17.7 Å². The number of rotatable bonds is 7. The summed E-state index contributed by atoms with van der Waals surface area (Å²) in [5.74, 6) is -2.01. The molecule has 22 heavy (non-hydrogen) atoms. The number of halogens is 1. The standard InChI is InChI=1S/C15H20FN3O3/c1-3-12(14(17)21)19-15(22)13(18-9(2)20)8-10-5-4-6-11(16)7-10/h4-7,12-13H,3,8H2,1-2H3,(H2,17,21)(H,18,20)(H,19,22)/t12-,13-/m1/s1. The van der Waals surface area contributed by atoms with E-state index in [2.05, 4.69) is 10.6 Å². The van der Waals surface area contributed by atoms with Crippen LogP contribution in [0.4, 0.5) is 4.39 Å². The highest BCUT2D eigenvalue weighted by molar-refractivity contribution is 5.91. The number of carbonyl (C=O) groups excluding carboxylic acids is 3. The first-order valence-corrected chi connectivity index (χ1v) is 6.94. The minimum absolute atomic E-state index is 0.109. The molecule has 3 amide bonds. The zero-order valence-electron chi connectivity index (χ0n) is 12.6. The number of nitrogens with one attached hydrogen (secondary N) is 2. The highest BCUT2D eigenvalue weighted by Gasteiger charge is 2.24. The summed E-state index contributed by atoms with van der Waals surface area (Å²) in [6.45, 7) is 2.98. The highest BCUT2D eigenvalue weighted by Crippen LogP contribution is 2.07. The fraction of sp³-hybridized carbons (Fsp3) is 0.400. The van der Waals surface area contributed by atoms with Crippen molar-refractivity contribution in [1.82, 2.24) is 10.6 Å². The topological polar surface area (TPSA) is 101 Å². The van der Waals surface area contributed by atoms with E-state index >= 15 is 0 Å². The molecule has 0 aliphatic heterocycles. The molecule has 0 spiro atoms. The molecule has 0 fully saturated rings. The molecule has 0 saturated carbocycles.